The summed E-state index contributed by atoms with van der Waals surface area (Å²) in [4.78, 5) is 0. The molecule has 0 heteroatoms. The standard InChI is InChI=1S/C7H16/c1-6(2)7(3,4)5/h6H,1-5H3/i6D. The zero-order valence-electron chi connectivity index (χ0n) is 7.00. The van der Waals surface area contributed by atoms with Gasteiger partial charge in [0.1, 0.15) is 0 Å². The maximum Gasteiger partial charge on any atom is 0.0302 e. The van der Waals surface area contributed by atoms with Crippen molar-refractivity contribution in [3.05, 3.63) is 0 Å². The molecule has 0 aromatic heterocycles. The van der Waals surface area contributed by atoms with Gasteiger partial charge in [-0.3, -0.25) is 0 Å². The van der Waals surface area contributed by atoms with E-state index in [0.29, 0.717) is 0 Å². The molecule has 7 heavy (non-hydrogen) atoms. The molecule has 0 heterocycles. The Bertz CT molecular complexity index is 59.4. The molecule has 0 saturated heterocycles. The molecule has 0 radical (unpaired) electrons. The summed E-state index contributed by atoms with van der Waals surface area (Å²) in [6.45, 7) is 10.1. The molecule has 0 aromatic carbocycles. The predicted molar refractivity (Wildman–Crippen MR) is 34.3 cm³/mol. The van der Waals surface area contributed by atoms with Gasteiger partial charge in [0.05, 0.1) is 0 Å². The molecule has 0 fully saturated rings. The van der Waals surface area contributed by atoms with Gasteiger partial charge in [0.15, 0.2) is 0 Å². The molecule has 0 aliphatic carbocycles. The number of hydrogen-bond acceptors (Lipinski definition) is 0. The summed E-state index contributed by atoms with van der Waals surface area (Å²) in [5.41, 5.74) is 0.104. The van der Waals surface area contributed by atoms with E-state index in [1.165, 1.54) is 0 Å². The summed E-state index contributed by atoms with van der Waals surface area (Å²) in [5, 5.41) is 0. The van der Waals surface area contributed by atoms with Crippen LogP contribution in [-0.2, 0) is 0 Å². The van der Waals surface area contributed by atoms with Gasteiger partial charge in [-0.15, -0.1) is 0 Å². The fourth-order valence-corrected chi connectivity index (χ4v) is 0. The zero-order valence-corrected chi connectivity index (χ0v) is 6.00. The van der Waals surface area contributed by atoms with E-state index in [2.05, 4.69) is 20.8 Å². The molecule has 0 nitrogen and oxygen atoms in total. The molecule has 0 rings (SSSR count). The second-order valence-electron chi connectivity index (χ2n) is 3.25. The maximum absolute atomic E-state index is 7.58. The van der Waals surface area contributed by atoms with Crippen molar-refractivity contribution < 1.29 is 1.37 Å². The largest absolute Gasteiger partial charge is 0.0623 e. The maximum atomic E-state index is 7.58. The van der Waals surface area contributed by atoms with Crippen molar-refractivity contribution in [1.82, 2.24) is 0 Å². The van der Waals surface area contributed by atoms with Crippen LogP contribution in [0.25, 0.3) is 0 Å². The van der Waals surface area contributed by atoms with Gasteiger partial charge in [-0.2, -0.15) is 0 Å². The highest BCUT2D eigenvalue weighted by Crippen LogP contribution is 2.23. The molecule has 0 saturated carbocycles. The monoisotopic (exact) mass is 101 g/mol. The van der Waals surface area contributed by atoms with Crippen molar-refractivity contribution in [3.63, 3.8) is 0 Å². The van der Waals surface area contributed by atoms with Crippen molar-refractivity contribution in [3.8, 4) is 0 Å². The molecule has 0 atom stereocenters. The Hall–Kier alpha value is 0. The van der Waals surface area contributed by atoms with Gasteiger partial charge in [-0.05, 0) is 11.3 Å². The van der Waals surface area contributed by atoms with Gasteiger partial charge in [0, 0.05) is 1.37 Å². The molecule has 0 amide bonds. The van der Waals surface area contributed by atoms with E-state index in [0.717, 1.165) is 0 Å². The van der Waals surface area contributed by atoms with E-state index < -0.39 is 0 Å². The van der Waals surface area contributed by atoms with Gasteiger partial charge >= 0.3 is 0 Å². The third-order valence-corrected chi connectivity index (χ3v) is 1.50. The van der Waals surface area contributed by atoms with Gasteiger partial charge < -0.3 is 0 Å². The minimum absolute atomic E-state index is 0.104. The van der Waals surface area contributed by atoms with Crippen LogP contribution in [0.4, 0.5) is 0 Å². The Morgan fingerprint density at radius 1 is 1.29 bits per heavy atom. The van der Waals surface area contributed by atoms with Crippen LogP contribution in [0.1, 0.15) is 36.0 Å². The van der Waals surface area contributed by atoms with Crippen molar-refractivity contribution in [2.45, 2.75) is 34.6 Å². The first kappa shape index (κ1) is 5.14. The minimum Gasteiger partial charge on any atom is -0.0623 e. The van der Waals surface area contributed by atoms with Crippen LogP contribution in [0.5, 0.6) is 0 Å². The third kappa shape index (κ3) is 2.67. The molecule has 0 unspecified atom stereocenters. The zero-order chi connectivity index (χ0) is 7.00. The molecule has 0 aromatic rings. The van der Waals surface area contributed by atoms with Crippen molar-refractivity contribution in [2.24, 2.45) is 11.3 Å². The summed E-state index contributed by atoms with van der Waals surface area (Å²) < 4.78 is 7.58. The van der Waals surface area contributed by atoms with Crippen molar-refractivity contribution in [1.29, 1.82) is 0 Å². The van der Waals surface area contributed by atoms with E-state index in [1.807, 2.05) is 13.8 Å². The minimum atomic E-state index is -0.312. The van der Waals surface area contributed by atoms with E-state index in [9.17, 15) is 0 Å². The topological polar surface area (TPSA) is 0 Å². The number of hydrogen-bond donors (Lipinski definition) is 0. The molecule has 0 N–H and O–H groups in total. The SMILES string of the molecule is [2H]C(C)(C)C(C)(C)C. The lowest BCUT2D eigenvalue weighted by atomic mass is 9.84. The Kier molecular flexibility index (Phi) is 1.36. The quantitative estimate of drug-likeness (QED) is 0.440. The first-order valence-corrected chi connectivity index (χ1v) is 2.75. The van der Waals surface area contributed by atoms with Gasteiger partial charge in [-0.1, -0.05) is 34.6 Å². The molecular formula is C7H16. The second kappa shape index (κ2) is 1.85. The molecule has 0 spiro atoms. The second-order valence-corrected chi connectivity index (χ2v) is 3.25. The van der Waals surface area contributed by atoms with Crippen LogP contribution in [0.3, 0.4) is 0 Å². The predicted octanol–water partition coefficient (Wildman–Crippen LogP) is 2.69. The lowest BCUT2D eigenvalue weighted by Gasteiger charge is -2.22. The van der Waals surface area contributed by atoms with Gasteiger partial charge in [0.25, 0.3) is 0 Å². The van der Waals surface area contributed by atoms with Crippen LogP contribution < -0.4 is 0 Å². The lowest BCUT2D eigenvalue weighted by Crippen LogP contribution is -2.12. The van der Waals surface area contributed by atoms with Crippen molar-refractivity contribution >= 4 is 0 Å². The molecule has 0 aliphatic heterocycles. The Balaban J connectivity index is 4.02. The van der Waals surface area contributed by atoms with Crippen LogP contribution in [0, 0.1) is 11.3 Å². The van der Waals surface area contributed by atoms with Crippen molar-refractivity contribution in [2.75, 3.05) is 0 Å². The summed E-state index contributed by atoms with van der Waals surface area (Å²) >= 11 is 0. The van der Waals surface area contributed by atoms with Crippen LogP contribution in [-0.4, -0.2) is 0 Å². The highest BCUT2D eigenvalue weighted by molar-refractivity contribution is 4.64. The normalized spacial score (nSPS) is 16.4. The summed E-state index contributed by atoms with van der Waals surface area (Å²) in [6.07, 6.45) is 0. The fraction of sp³-hybridized carbons (Fsp3) is 1.00. The Morgan fingerprint density at radius 2 is 1.43 bits per heavy atom. The van der Waals surface area contributed by atoms with Gasteiger partial charge in [-0.25, -0.2) is 0 Å². The Labute approximate surface area is 48.3 Å². The Morgan fingerprint density at radius 3 is 1.43 bits per heavy atom. The smallest absolute Gasteiger partial charge is 0.0302 e. The van der Waals surface area contributed by atoms with E-state index >= 15 is 0 Å². The first-order chi connectivity index (χ1) is 3.25. The van der Waals surface area contributed by atoms with Crippen LogP contribution in [0.15, 0.2) is 0 Å². The summed E-state index contributed by atoms with van der Waals surface area (Å²) in [6, 6.07) is 0. The summed E-state index contributed by atoms with van der Waals surface area (Å²) in [5.74, 6) is -0.312. The number of rotatable bonds is 0. The van der Waals surface area contributed by atoms with Crippen LogP contribution in [0.2, 0.25) is 0 Å². The lowest BCUT2D eigenvalue weighted by molar-refractivity contribution is 0.283. The van der Waals surface area contributed by atoms with Crippen LogP contribution >= 0.6 is 0 Å². The molecule has 0 aliphatic rings. The average molecular weight is 101 g/mol. The molecule has 0 bridgehead atoms. The van der Waals surface area contributed by atoms with E-state index in [1.54, 1.807) is 0 Å². The average Bonchev–Trinajstić information content (AvgIpc) is 1.25. The summed E-state index contributed by atoms with van der Waals surface area (Å²) in [7, 11) is 0. The molecule has 44 valence electrons. The molecular weight excluding hydrogens is 84.1 g/mol. The van der Waals surface area contributed by atoms with Gasteiger partial charge in [0.2, 0.25) is 0 Å². The highest BCUT2D eigenvalue weighted by atomic mass is 14.2. The van der Waals surface area contributed by atoms with E-state index in [-0.39, 0.29) is 11.3 Å². The van der Waals surface area contributed by atoms with E-state index in [4.69, 9.17) is 1.37 Å². The third-order valence-electron chi connectivity index (χ3n) is 1.50. The first-order valence-electron chi connectivity index (χ1n) is 3.25. The fourth-order valence-electron chi connectivity index (χ4n) is 0. The highest BCUT2D eigenvalue weighted by Gasteiger charge is 2.13.